The molecule has 0 aromatic heterocycles. The normalized spacial score (nSPS) is 21.7. The zero-order valence-corrected chi connectivity index (χ0v) is 9.97. The highest BCUT2D eigenvalue weighted by atomic mass is 32.2. The van der Waals surface area contributed by atoms with Gasteiger partial charge < -0.3 is 0 Å². The summed E-state index contributed by atoms with van der Waals surface area (Å²) in [5, 5.41) is 4.43. The highest BCUT2D eigenvalue weighted by Gasteiger charge is 2.24. The van der Waals surface area contributed by atoms with Crippen molar-refractivity contribution < 1.29 is 0 Å². The van der Waals surface area contributed by atoms with E-state index < -0.39 is 0 Å². The Morgan fingerprint density at radius 3 is 2.17 bits per heavy atom. The number of thioether (sulfide) groups is 2. The van der Waals surface area contributed by atoms with Gasteiger partial charge in [-0.2, -0.15) is 0 Å². The predicted molar refractivity (Wildman–Crippen MR) is 61.3 cm³/mol. The van der Waals surface area contributed by atoms with Crippen LogP contribution >= 0.6 is 23.5 Å². The Kier molecular flexibility index (Phi) is 3.59. The van der Waals surface area contributed by atoms with Gasteiger partial charge in [0.05, 0.1) is 4.58 Å². The molecule has 1 rings (SSSR count). The highest BCUT2D eigenvalue weighted by molar-refractivity contribution is 8.22. The number of hydrogen-bond acceptors (Lipinski definition) is 2. The van der Waals surface area contributed by atoms with Crippen LogP contribution in [0, 0.1) is 11.3 Å². The highest BCUT2D eigenvalue weighted by Crippen LogP contribution is 2.41. The molecule has 1 aliphatic rings. The monoisotopic (exact) mass is 202 g/mol. The molecule has 0 nitrogen and oxygen atoms in total. The van der Waals surface area contributed by atoms with Gasteiger partial charge in [0.2, 0.25) is 0 Å². The summed E-state index contributed by atoms with van der Waals surface area (Å²) in [6, 6.07) is 0. The summed E-state index contributed by atoms with van der Waals surface area (Å²) < 4.78 is 0.777. The Balaban J connectivity index is 2.31. The Hall–Kier alpha value is 0.440. The largest absolute Gasteiger partial charge is 0.119 e. The van der Waals surface area contributed by atoms with Gasteiger partial charge in [0.15, 0.2) is 0 Å². The second kappa shape index (κ2) is 4.10. The van der Waals surface area contributed by atoms with E-state index in [1.165, 1.54) is 6.42 Å². The van der Waals surface area contributed by atoms with E-state index in [1.807, 2.05) is 23.5 Å². The lowest BCUT2D eigenvalue weighted by atomic mass is 9.80. The fourth-order valence-electron chi connectivity index (χ4n) is 1.02. The second-order valence-electron chi connectivity index (χ2n) is 4.48. The minimum atomic E-state index is 0.462. The van der Waals surface area contributed by atoms with Crippen LogP contribution in [0.15, 0.2) is 10.8 Å². The van der Waals surface area contributed by atoms with Gasteiger partial charge in [-0.25, -0.2) is 0 Å². The summed E-state index contributed by atoms with van der Waals surface area (Å²) in [5.41, 5.74) is 0.462. The van der Waals surface area contributed by atoms with Gasteiger partial charge in [0.25, 0.3) is 0 Å². The van der Waals surface area contributed by atoms with Crippen LogP contribution in [0.25, 0.3) is 0 Å². The average Bonchev–Trinajstić information content (AvgIpc) is 2.37. The molecule has 0 aromatic carbocycles. The number of hydrogen-bond donors (Lipinski definition) is 0. The van der Waals surface area contributed by atoms with Crippen molar-refractivity contribution in [1.82, 2.24) is 0 Å². The molecule has 0 fully saturated rings. The lowest BCUT2D eigenvalue weighted by Gasteiger charge is -2.28. The van der Waals surface area contributed by atoms with Crippen molar-refractivity contribution in [1.29, 1.82) is 0 Å². The van der Waals surface area contributed by atoms with E-state index in [0.717, 1.165) is 10.5 Å². The van der Waals surface area contributed by atoms with Crippen molar-refractivity contribution in [3.8, 4) is 0 Å². The van der Waals surface area contributed by atoms with Crippen molar-refractivity contribution >= 4 is 23.5 Å². The molecule has 1 atom stereocenters. The van der Waals surface area contributed by atoms with Crippen molar-refractivity contribution in [3.63, 3.8) is 0 Å². The third-order valence-electron chi connectivity index (χ3n) is 2.54. The molecule has 0 saturated heterocycles. The lowest BCUT2D eigenvalue weighted by molar-refractivity contribution is 0.254. The Labute approximate surface area is 84.6 Å². The minimum Gasteiger partial charge on any atom is -0.119 e. The maximum absolute atomic E-state index is 2.36. The van der Waals surface area contributed by atoms with Crippen LogP contribution < -0.4 is 0 Å². The van der Waals surface area contributed by atoms with E-state index >= 15 is 0 Å². The van der Waals surface area contributed by atoms with Gasteiger partial charge in [-0.15, -0.1) is 23.5 Å². The Morgan fingerprint density at radius 1 is 1.25 bits per heavy atom. The van der Waals surface area contributed by atoms with Gasteiger partial charge in [0, 0.05) is 0 Å². The minimum absolute atomic E-state index is 0.462. The third kappa shape index (κ3) is 3.06. The molecule has 2 heteroatoms. The van der Waals surface area contributed by atoms with E-state index in [0.29, 0.717) is 5.41 Å². The van der Waals surface area contributed by atoms with E-state index in [1.54, 1.807) is 0 Å². The molecule has 0 radical (unpaired) electrons. The van der Waals surface area contributed by atoms with Crippen LogP contribution in [0.4, 0.5) is 0 Å². The molecule has 0 bridgehead atoms. The van der Waals surface area contributed by atoms with Gasteiger partial charge in [-0.3, -0.25) is 0 Å². The molecule has 12 heavy (non-hydrogen) atoms. The summed E-state index contributed by atoms with van der Waals surface area (Å²) in [4.78, 5) is 0. The molecular weight excluding hydrogens is 184 g/mol. The fourth-order valence-corrected chi connectivity index (χ4v) is 3.33. The third-order valence-corrected chi connectivity index (χ3v) is 4.96. The molecule has 0 N–H and O–H groups in total. The first-order chi connectivity index (χ1) is 5.50. The first-order valence-electron chi connectivity index (χ1n) is 4.46. The van der Waals surface area contributed by atoms with Gasteiger partial charge in [-0.05, 0) is 28.6 Å². The first kappa shape index (κ1) is 10.5. The van der Waals surface area contributed by atoms with Gasteiger partial charge in [0.1, 0.15) is 0 Å². The predicted octanol–water partition coefficient (Wildman–Crippen LogP) is 4.34. The molecular formula is C10H18S2. The van der Waals surface area contributed by atoms with E-state index in [-0.39, 0.29) is 0 Å². The van der Waals surface area contributed by atoms with Gasteiger partial charge >= 0.3 is 0 Å². The van der Waals surface area contributed by atoms with Crippen molar-refractivity contribution in [2.45, 2.75) is 38.7 Å². The summed E-state index contributed by atoms with van der Waals surface area (Å²) in [5.74, 6) is 0.808. The summed E-state index contributed by atoms with van der Waals surface area (Å²) >= 11 is 3.94. The Bertz CT molecular complexity index is 159. The first-order valence-corrected chi connectivity index (χ1v) is 6.34. The summed E-state index contributed by atoms with van der Waals surface area (Å²) in [6.45, 7) is 9.35. The van der Waals surface area contributed by atoms with E-state index in [2.05, 4.69) is 38.5 Å². The van der Waals surface area contributed by atoms with Gasteiger partial charge in [-0.1, -0.05) is 27.7 Å². The zero-order valence-electron chi connectivity index (χ0n) is 8.33. The topological polar surface area (TPSA) is 0 Å². The summed E-state index contributed by atoms with van der Waals surface area (Å²) in [6.07, 6.45) is 1.33. The van der Waals surface area contributed by atoms with Crippen LogP contribution in [-0.2, 0) is 0 Å². The van der Waals surface area contributed by atoms with E-state index in [4.69, 9.17) is 0 Å². The fraction of sp³-hybridized carbons (Fsp3) is 0.800. The van der Waals surface area contributed by atoms with Crippen LogP contribution in [0.2, 0.25) is 0 Å². The van der Waals surface area contributed by atoms with Crippen molar-refractivity contribution in [3.05, 3.63) is 10.8 Å². The molecule has 0 saturated carbocycles. The van der Waals surface area contributed by atoms with Crippen molar-refractivity contribution in [2.24, 2.45) is 11.3 Å². The zero-order chi connectivity index (χ0) is 9.19. The smallest absolute Gasteiger partial charge is 0.0588 e. The molecule has 1 aliphatic heterocycles. The second-order valence-corrected chi connectivity index (χ2v) is 7.00. The van der Waals surface area contributed by atoms with Crippen LogP contribution in [0.5, 0.6) is 0 Å². The molecule has 0 aromatic rings. The summed E-state index contributed by atoms with van der Waals surface area (Å²) in [7, 11) is 0. The van der Waals surface area contributed by atoms with Crippen LogP contribution in [0.1, 0.15) is 34.1 Å². The lowest BCUT2D eigenvalue weighted by Crippen LogP contribution is -2.19. The maximum Gasteiger partial charge on any atom is 0.0588 e. The van der Waals surface area contributed by atoms with Crippen LogP contribution in [0.3, 0.4) is 0 Å². The Morgan fingerprint density at radius 2 is 1.75 bits per heavy atom. The molecule has 1 unspecified atom stereocenters. The van der Waals surface area contributed by atoms with E-state index in [9.17, 15) is 0 Å². The molecule has 1 heterocycles. The molecule has 70 valence electrons. The van der Waals surface area contributed by atoms with Crippen LogP contribution in [-0.4, -0.2) is 4.58 Å². The quantitative estimate of drug-likeness (QED) is 0.653. The molecule has 0 aliphatic carbocycles. The standard InChI is InChI=1S/C10H18S2/c1-8(10(2,3)4)7-9-11-5-6-12-9/h5-6,8-9H,7H2,1-4H3. The molecule has 0 amide bonds. The maximum atomic E-state index is 2.36. The number of rotatable bonds is 2. The van der Waals surface area contributed by atoms with Crippen molar-refractivity contribution in [2.75, 3.05) is 0 Å². The average molecular weight is 202 g/mol. The SMILES string of the molecule is CC(CC1SC=CS1)C(C)(C)C. The molecule has 0 spiro atoms.